The van der Waals surface area contributed by atoms with E-state index in [2.05, 4.69) is 84.3 Å². The highest BCUT2D eigenvalue weighted by Gasteiger charge is 2.17. The molecule has 0 bridgehead atoms. The molecule has 0 spiro atoms. The van der Waals surface area contributed by atoms with E-state index in [1.165, 1.54) is 88.8 Å². The monoisotopic (exact) mass is 1280 g/mol. The summed E-state index contributed by atoms with van der Waals surface area (Å²) in [5.74, 6) is 7.34. The van der Waals surface area contributed by atoms with E-state index in [-0.39, 0.29) is 60.4 Å². The molecule has 0 unspecified atom stereocenters. The molecule has 21 nitrogen and oxygen atoms in total. The van der Waals surface area contributed by atoms with Gasteiger partial charge in [-0.2, -0.15) is 0 Å². The quantitative estimate of drug-likeness (QED) is 0.0254. The number of carbonyl (C=O) groups excluding carboxylic acids is 2. The summed E-state index contributed by atoms with van der Waals surface area (Å²) in [6.07, 6.45) is 20.5. The van der Waals surface area contributed by atoms with Crippen LogP contribution < -0.4 is 39.6 Å². The van der Waals surface area contributed by atoms with Gasteiger partial charge in [0.2, 0.25) is 0 Å². The van der Waals surface area contributed by atoms with Gasteiger partial charge < -0.3 is 59.3 Å². The van der Waals surface area contributed by atoms with E-state index in [1.54, 1.807) is 56.3 Å². The third-order valence-electron chi connectivity index (χ3n) is 12.0. The van der Waals surface area contributed by atoms with Gasteiger partial charge in [-0.05, 0) is 86.6 Å². The van der Waals surface area contributed by atoms with Crippen molar-refractivity contribution in [2.45, 2.75) is 33.1 Å². The van der Waals surface area contributed by atoms with Crippen LogP contribution in [0, 0.1) is 54.5 Å². The first-order valence-corrected chi connectivity index (χ1v) is 27.7. The van der Waals surface area contributed by atoms with Crippen molar-refractivity contribution < 1.29 is 70.9 Å². The smallest absolute Gasteiger partial charge is 0.309 e. The Morgan fingerprint density at radius 3 is 1.21 bits per heavy atom. The number of carboxylic acids is 1. The number of nitrogens with zero attached hydrogens (tertiary/aromatic N) is 6. The number of anilines is 6. The molecule has 3 aromatic heterocycles. The molecule has 89 heavy (non-hydrogen) atoms. The minimum atomic E-state index is -0.967. The first-order valence-electron chi connectivity index (χ1n) is 26.6. The summed E-state index contributed by atoms with van der Waals surface area (Å²) in [6.45, 7) is 4.44. The van der Waals surface area contributed by atoms with E-state index < -0.39 is 23.4 Å². The maximum atomic E-state index is 13.7. The van der Waals surface area contributed by atoms with E-state index in [0.29, 0.717) is 121 Å². The van der Waals surface area contributed by atoms with E-state index in [0.717, 1.165) is 0 Å². The molecule has 9 rings (SSSR count). The van der Waals surface area contributed by atoms with Crippen LogP contribution in [0.5, 0.6) is 34.5 Å². The molecule has 0 atom stereocenters. The Hall–Kier alpha value is -11.1. The van der Waals surface area contributed by atoms with Gasteiger partial charge in [-0.15, -0.1) is 19.3 Å². The summed E-state index contributed by atoms with van der Waals surface area (Å²) in [5.41, 5.74) is 3.92. The van der Waals surface area contributed by atoms with Crippen molar-refractivity contribution in [1.82, 2.24) is 29.9 Å². The van der Waals surface area contributed by atoms with Crippen LogP contribution in [0.15, 0.2) is 110 Å². The van der Waals surface area contributed by atoms with Gasteiger partial charge in [0.25, 0.3) is 0 Å². The zero-order valence-electron chi connectivity index (χ0n) is 48.5. The highest BCUT2D eigenvalue weighted by Crippen LogP contribution is 2.38. The first kappa shape index (κ1) is 67.0. The van der Waals surface area contributed by atoms with E-state index in [1.807, 2.05) is 0 Å². The lowest BCUT2D eigenvalue weighted by Crippen LogP contribution is -2.10. The van der Waals surface area contributed by atoms with Crippen LogP contribution in [0.2, 0.25) is 0 Å². The second kappa shape index (κ2) is 33.6. The number of esters is 2. The van der Waals surface area contributed by atoms with Crippen LogP contribution >= 0.6 is 15.9 Å². The fourth-order valence-corrected chi connectivity index (χ4v) is 8.12. The number of carbonyl (C=O) groups is 3. The molecule has 9 aromatic rings. The SMILES string of the molecule is C#Cc1cc(Nc2ncnc3cc(OC)c(O)cc23)ccc1F.C#Cc1cc(Nc2ncnc3cc(OC)c(OCCC(=O)O)cc23)ccc1F.C#Cc1cc(Nc2ncnc3cc(OC)c(OCCC(=O)OCC)cc23)ccc1F.CCOC(=O)CCBr. The Morgan fingerprint density at radius 2 is 0.865 bits per heavy atom. The molecule has 25 heteroatoms. The molecular weight excluding hydrogens is 1220 g/mol. The zero-order valence-corrected chi connectivity index (χ0v) is 50.0. The summed E-state index contributed by atoms with van der Waals surface area (Å²) in [6, 6.07) is 22.9. The van der Waals surface area contributed by atoms with Gasteiger partial charge >= 0.3 is 17.9 Å². The van der Waals surface area contributed by atoms with Crippen LogP contribution in [0.3, 0.4) is 0 Å². The third-order valence-corrected chi connectivity index (χ3v) is 12.4. The number of aromatic nitrogens is 6. The predicted octanol–water partition coefficient (Wildman–Crippen LogP) is 11.7. The molecule has 6 aromatic carbocycles. The fourth-order valence-electron chi connectivity index (χ4n) is 7.79. The van der Waals surface area contributed by atoms with Crippen molar-refractivity contribution in [3.8, 4) is 71.5 Å². The number of phenols is 1. The summed E-state index contributed by atoms with van der Waals surface area (Å²) >= 11 is 3.12. The number of terminal acetylenes is 3. The molecule has 0 saturated heterocycles. The third kappa shape index (κ3) is 18.9. The average Bonchev–Trinajstić information content (AvgIpc) is 1.13. The molecule has 458 valence electrons. The van der Waals surface area contributed by atoms with Crippen molar-refractivity contribution in [3.05, 3.63) is 144 Å². The lowest BCUT2D eigenvalue weighted by molar-refractivity contribution is -0.144. The molecule has 0 radical (unpaired) electrons. The lowest BCUT2D eigenvalue weighted by atomic mass is 10.1. The number of carboxylic acid groups (broad SMARTS) is 1. The van der Waals surface area contributed by atoms with Crippen LogP contribution in [0.1, 0.15) is 49.8 Å². The largest absolute Gasteiger partial charge is 0.504 e. The highest BCUT2D eigenvalue weighted by atomic mass is 79.9. The van der Waals surface area contributed by atoms with Gasteiger partial charge in [-0.1, -0.05) is 33.7 Å². The summed E-state index contributed by atoms with van der Waals surface area (Å²) < 4.78 is 77.2. The van der Waals surface area contributed by atoms with Crippen LogP contribution in [-0.4, -0.2) is 111 Å². The van der Waals surface area contributed by atoms with Crippen LogP contribution in [0.25, 0.3) is 32.7 Å². The number of nitrogens with one attached hydrogen (secondary N) is 3. The normalized spacial score (nSPS) is 10.2. The second-order valence-electron chi connectivity index (χ2n) is 17.8. The number of phenolic OH excluding ortho intramolecular Hbond substituents is 1. The molecule has 3 heterocycles. The van der Waals surface area contributed by atoms with Crippen LogP contribution in [0.4, 0.5) is 47.7 Å². The average molecular weight is 1280 g/mol. The Balaban J connectivity index is 0.000000201. The van der Waals surface area contributed by atoms with Gasteiger partial charge in [0.05, 0.1) is 100 Å². The van der Waals surface area contributed by atoms with Crippen molar-refractivity contribution in [2.75, 3.05) is 69.0 Å². The number of aromatic hydroxyl groups is 1. The molecule has 0 aliphatic carbocycles. The summed E-state index contributed by atoms with van der Waals surface area (Å²) in [4.78, 5) is 57.9. The highest BCUT2D eigenvalue weighted by molar-refractivity contribution is 9.09. The maximum absolute atomic E-state index is 13.7. The van der Waals surface area contributed by atoms with Gasteiger partial charge in [0.1, 0.15) is 53.9 Å². The number of fused-ring (bicyclic) bond motifs is 3. The van der Waals surface area contributed by atoms with Crippen LogP contribution in [-0.2, 0) is 23.9 Å². The Labute approximate surface area is 517 Å². The molecule has 0 aliphatic heterocycles. The predicted molar refractivity (Wildman–Crippen MR) is 332 cm³/mol. The molecular formula is C64H57BrF3N9O12. The number of benzene rings is 6. The summed E-state index contributed by atoms with van der Waals surface area (Å²) in [5, 5.41) is 30.5. The Bertz CT molecular complexity index is 4120. The van der Waals surface area contributed by atoms with E-state index in [4.69, 9.17) is 52.8 Å². The first-order chi connectivity index (χ1) is 43.0. The molecule has 0 saturated carbocycles. The van der Waals surface area contributed by atoms with Crippen molar-refractivity contribution >= 4 is 101 Å². The number of alkyl halides is 1. The topological polar surface area (TPSA) is 270 Å². The fraction of sp³-hybridized carbons (Fsp3) is 0.203. The Kier molecular flexibility index (Phi) is 25.3. The standard InChI is InChI=1S/C22H20FN3O4.C20H16FN3O4.C17H12FN3O2.C5H9BrO2/c1-4-14-10-15(6-7-17(14)23)26-22-16-11-20(30-9-8-21(27)29-5-2)19(28-3)12-18(16)24-13-25-22;1-3-12-8-13(4-5-15(12)21)24-20-14-9-18(28-7-6-19(25)26)17(27-2)10-16(14)22-11-23-20;1-3-10-6-11(4-5-13(10)18)21-17-12-7-15(22)16(23-2)8-14(12)19-9-20-17;1-2-8-5(7)3-4-6/h1,6-7,10-13H,5,8-9H2,2-3H3,(H,24,25,26);1,4-5,8-11H,6-7H2,2H3,(H,25,26)(H,22,23,24);1,4-9,22H,2H3,(H,19,20,21);2-4H2,1H3. The van der Waals surface area contributed by atoms with Crippen molar-refractivity contribution in [3.63, 3.8) is 0 Å². The van der Waals surface area contributed by atoms with E-state index >= 15 is 0 Å². The molecule has 0 fully saturated rings. The number of methoxy groups -OCH3 is 3. The zero-order chi connectivity index (χ0) is 64.4. The lowest BCUT2D eigenvalue weighted by Gasteiger charge is -2.14. The number of ether oxygens (including phenoxy) is 7. The van der Waals surface area contributed by atoms with Gasteiger partial charge in [-0.25, -0.2) is 43.1 Å². The number of halogens is 4. The number of rotatable bonds is 21. The van der Waals surface area contributed by atoms with Gasteiger partial charge in [0, 0.05) is 56.8 Å². The number of hydrogen-bond donors (Lipinski definition) is 5. The van der Waals surface area contributed by atoms with Gasteiger partial charge in [0.15, 0.2) is 34.5 Å². The second-order valence-corrected chi connectivity index (χ2v) is 18.6. The molecule has 0 aliphatic rings. The minimum Gasteiger partial charge on any atom is -0.504 e. The van der Waals surface area contributed by atoms with Gasteiger partial charge in [-0.3, -0.25) is 14.4 Å². The maximum Gasteiger partial charge on any atom is 0.309 e. The number of hydrogen-bond acceptors (Lipinski definition) is 20. The number of aliphatic carboxylic acids is 1. The van der Waals surface area contributed by atoms with Crippen molar-refractivity contribution in [1.29, 1.82) is 0 Å². The molecule has 5 N–H and O–H groups in total. The molecule has 0 amide bonds. The van der Waals surface area contributed by atoms with Crippen molar-refractivity contribution in [2.24, 2.45) is 0 Å². The summed E-state index contributed by atoms with van der Waals surface area (Å²) in [7, 11) is 4.45. The minimum absolute atomic E-state index is 0.0167. The van der Waals surface area contributed by atoms with E-state index in [9.17, 15) is 32.7 Å². The Morgan fingerprint density at radius 1 is 0.506 bits per heavy atom.